The topological polar surface area (TPSA) is 32.9 Å². The lowest BCUT2D eigenvalue weighted by Crippen LogP contribution is -2.18. The van der Waals surface area contributed by atoms with Gasteiger partial charge in [-0.25, -0.2) is 0 Å². The minimum absolute atomic E-state index is 0.104. The van der Waals surface area contributed by atoms with Gasteiger partial charge in [0.2, 0.25) is 0 Å². The zero-order valence-corrected chi connectivity index (χ0v) is 10.7. The van der Waals surface area contributed by atoms with Crippen LogP contribution in [0.2, 0.25) is 10.0 Å². The van der Waals surface area contributed by atoms with Crippen molar-refractivity contribution in [3.63, 3.8) is 0 Å². The minimum Gasteiger partial charge on any atom is -0.357 e. The van der Waals surface area contributed by atoms with E-state index in [4.69, 9.17) is 23.2 Å². The maximum absolute atomic E-state index is 12.3. The van der Waals surface area contributed by atoms with E-state index >= 15 is 0 Å². The van der Waals surface area contributed by atoms with Gasteiger partial charge < -0.3 is 4.98 Å². The Morgan fingerprint density at radius 2 is 1.88 bits per heavy atom. The van der Waals surface area contributed by atoms with Gasteiger partial charge in [0, 0.05) is 16.6 Å². The lowest BCUT2D eigenvalue weighted by Gasteiger charge is -2.16. The van der Waals surface area contributed by atoms with Gasteiger partial charge in [-0.3, -0.25) is 4.79 Å². The largest absolute Gasteiger partial charge is 0.357 e. The molecule has 1 aliphatic carbocycles. The fraction of sp³-hybridized carbons (Fsp3) is 0.308. The third-order valence-electron chi connectivity index (χ3n) is 3.36. The average Bonchev–Trinajstić information content (AvgIpc) is 2.35. The summed E-state index contributed by atoms with van der Waals surface area (Å²) in [6, 6.07) is 3.42. The number of fused-ring (bicyclic) bond motifs is 2. The van der Waals surface area contributed by atoms with Gasteiger partial charge in [-0.15, -0.1) is 0 Å². The molecule has 2 nitrogen and oxygen atoms in total. The van der Waals surface area contributed by atoms with Crippen molar-refractivity contribution in [1.29, 1.82) is 0 Å². The molecule has 0 amide bonds. The highest BCUT2D eigenvalue weighted by Crippen LogP contribution is 2.29. The fourth-order valence-corrected chi connectivity index (χ4v) is 2.84. The molecule has 3 rings (SSSR count). The summed E-state index contributed by atoms with van der Waals surface area (Å²) in [7, 11) is 0. The van der Waals surface area contributed by atoms with E-state index in [1.165, 1.54) is 0 Å². The van der Waals surface area contributed by atoms with Gasteiger partial charge >= 0.3 is 0 Å². The van der Waals surface area contributed by atoms with Crippen LogP contribution in [0.1, 0.15) is 24.1 Å². The second-order valence-electron chi connectivity index (χ2n) is 4.40. The molecule has 1 aromatic carbocycles. The summed E-state index contributed by atoms with van der Waals surface area (Å²) in [5.74, 6) is 0. The van der Waals surface area contributed by atoms with Crippen LogP contribution in [0.5, 0.6) is 0 Å². The lowest BCUT2D eigenvalue weighted by molar-refractivity contribution is 0.668. The van der Waals surface area contributed by atoms with Crippen molar-refractivity contribution in [3.05, 3.63) is 43.7 Å². The van der Waals surface area contributed by atoms with Crippen LogP contribution in [0.15, 0.2) is 16.9 Å². The van der Waals surface area contributed by atoms with Crippen LogP contribution in [0.4, 0.5) is 0 Å². The highest BCUT2D eigenvalue weighted by Gasteiger charge is 2.17. The molecule has 0 bridgehead atoms. The molecular weight excluding hydrogens is 257 g/mol. The molecule has 1 heterocycles. The first-order chi connectivity index (χ1) is 8.18. The molecule has 1 N–H and O–H groups in total. The first kappa shape index (κ1) is 11.1. The SMILES string of the molecule is O=c1c2c([nH]c3c(Cl)c(Cl)ccc13)CCCC2. The maximum atomic E-state index is 12.3. The van der Waals surface area contributed by atoms with Crippen LogP contribution >= 0.6 is 23.2 Å². The Balaban J connectivity index is 2.44. The predicted molar refractivity (Wildman–Crippen MR) is 71.2 cm³/mol. The Kier molecular flexibility index (Phi) is 2.64. The Hall–Kier alpha value is -0.990. The van der Waals surface area contributed by atoms with E-state index in [9.17, 15) is 4.79 Å². The molecule has 0 saturated heterocycles. The van der Waals surface area contributed by atoms with Crippen LogP contribution in [0.3, 0.4) is 0 Å². The minimum atomic E-state index is 0.104. The van der Waals surface area contributed by atoms with Crippen molar-refractivity contribution in [1.82, 2.24) is 4.98 Å². The normalized spacial score (nSPS) is 14.9. The van der Waals surface area contributed by atoms with Crippen LogP contribution < -0.4 is 5.43 Å². The zero-order valence-electron chi connectivity index (χ0n) is 9.15. The van der Waals surface area contributed by atoms with Crippen molar-refractivity contribution >= 4 is 34.1 Å². The van der Waals surface area contributed by atoms with Gasteiger partial charge in [-0.05, 0) is 37.8 Å². The fourth-order valence-electron chi connectivity index (χ4n) is 2.47. The molecule has 0 unspecified atom stereocenters. The van der Waals surface area contributed by atoms with E-state index in [1.807, 2.05) is 0 Å². The molecule has 0 aliphatic heterocycles. The second kappa shape index (κ2) is 4.04. The average molecular weight is 268 g/mol. The van der Waals surface area contributed by atoms with Crippen molar-refractivity contribution in [3.8, 4) is 0 Å². The number of aromatic amines is 1. The number of pyridine rings is 1. The summed E-state index contributed by atoms with van der Waals surface area (Å²) in [5, 5.41) is 1.56. The van der Waals surface area contributed by atoms with E-state index in [0.29, 0.717) is 20.9 Å². The molecule has 17 heavy (non-hydrogen) atoms. The zero-order chi connectivity index (χ0) is 12.0. The van der Waals surface area contributed by atoms with Crippen LogP contribution in [0, 0.1) is 0 Å². The van der Waals surface area contributed by atoms with E-state index < -0.39 is 0 Å². The Bertz CT molecular complexity index is 660. The number of rotatable bonds is 0. The molecule has 4 heteroatoms. The molecular formula is C13H11Cl2NO. The monoisotopic (exact) mass is 267 g/mol. The number of H-pyrrole nitrogens is 1. The Morgan fingerprint density at radius 3 is 2.71 bits per heavy atom. The van der Waals surface area contributed by atoms with Crippen LogP contribution in [-0.4, -0.2) is 4.98 Å². The number of nitrogens with one attached hydrogen (secondary N) is 1. The summed E-state index contributed by atoms with van der Waals surface area (Å²) in [5.41, 5.74) is 2.72. The molecule has 0 radical (unpaired) electrons. The number of aryl methyl sites for hydroxylation is 1. The Morgan fingerprint density at radius 1 is 1.12 bits per heavy atom. The highest BCUT2D eigenvalue weighted by atomic mass is 35.5. The van der Waals surface area contributed by atoms with E-state index in [2.05, 4.69) is 4.98 Å². The number of hydrogen-bond donors (Lipinski definition) is 1. The molecule has 88 valence electrons. The van der Waals surface area contributed by atoms with Gasteiger partial charge in [0.25, 0.3) is 0 Å². The van der Waals surface area contributed by atoms with Gasteiger partial charge in [0.15, 0.2) is 5.43 Å². The summed E-state index contributed by atoms with van der Waals surface area (Å²) < 4.78 is 0. The molecule has 0 fully saturated rings. The van der Waals surface area contributed by atoms with Crippen molar-refractivity contribution in [2.45, 2.75) is 25.7 Å². The third-order valence-corrected chi connectivity index (χ3v) is 4.16. The summed E-state index contributed by atoms with van der Waals surface area (Å²) in [4.78, 5) is 15.6. The Labute approximate surface area is 109 Å². The van der Waals surface area contributed by atoms with Gasteiger partial charge in [0.1, 0.15) is 0 Å². The summed E-state index contributed by atoms with van der Waals surface area (Å²) in [6.45, 7) is 0. The van der Waals surface area contributed by atoms with Crippen LogP contribution in [0.25, 0.3) is 10.9 Å². The first-order valence-corrected chi connectivity index (χ1v) is 6.46. The smallest absolute Gasteiger partial charge is 0.192 e. The van der Waals surface area contributed by atoms with Crippen LogP contribution in [-0.2, 0) is 12.8 Å². The molecule has 0 atom stereocenters. The summed E-state index contributed by atoms with van der Waals surface area (Å²) in [6.07, 6.45) is 3.99. The highest BCUT2D eigenvalue weighted by molar-refractivity contribution is 6.44. The summed E-state index contributed by atoms with van der Waals surface area (Å²) >= 11 is 12.1. The number of benzene rings is 1. The standard InChI is InChI=1S/C13H11Cl2NO/c14-9-6-5-8-12(11(9)15)16-10-4-2-1-3-7(10)13(8)17/h5-6H,1-4H2,(H,16,17). The number of hydrogen-bond acceptors (Lipinski definition) is 1. The van der Waals surface area contributed by atoms with E-state index in [0.717, 1.165) is 36.9 Å². The van der Waals surface area contributed by atoms with E-state index in [1.54, 1.807) is 12.1 Å². The van der Waals surface area contributed by atoms with Gasteiger partial charge in [0.05, 0.1) is 15.6 Å². The van der Waals surface area contributed by atoms with Gasteiger partial charge in [-0.2, -0.15) is 0 Å². The lowest BCUT2D eigenvalue weighted by atomic mass is 9.94. The quantitative estimate of drug-likeness (QED) is 0.776. The molecule has 2 aromatic rings. The molecule has 1 aliphatic rings. The molecule has 1 aromatic heterocycles. The molecule has 0 spiro atoms. The van der Waals surface area contributed by atoms with Crippen molar-refractivity contribution < 1.29 is 0 Å². The number of aromatic nitrogens is 1. The first-order valence-electron chi connectivity index (χ1n) is 5.70. The maximum Gasteiger partial charge on any atom is 0.192 e. The second-order valence-corrected chi connectivity index (χ2v) is 5.19. The van der Waals surface area contributed by atoms with Crippen molar-refractivity contribution in [2.75, 3.05) is 0 Å². The number of halogens is 2. The van der Waals surface area contributed by atoms with Gasteiger partial charge in [-0.1, -0.05) is 23.2 Å². The molecule has 0 saturated carbocycles. The van der Waals surface area contributed by atoms with Crippen molar-refractivity contribution in [2.24, 2.45) is 0 Å². The third kappa shape index (κ3) is 1.67. The van der Waals surface area contributed by atoms with E-state index in [-0.39, 0.29) is 5.43 Å². The predicted octanol–water partition coefficient (Wildman–Crippen LogP) is 3.71.